The van der Waals surface area contributed by atoms with Crippen LogP contribution in [0.4, 0.5) is 5.69 Å². The molecule has 0 saturated carbocycles. The number of H-pyrrole nitrogens is 1. The molecule has 2 aromatic heterocycles. The zero-order chi connectivity index (χ0) is 14.7. The molecular formula is C11H14N6O3. The van der Waals surface area contributed by atoms with Crippen molar-refractivity contribution in [3.05, 3.63) is 40.0 Å². The molecular weight excluding hydrogens is 264 g/mol. The van der Waals surface area contributed by atoms with E-state index in [1.807, 2.05) is 6.92 Å². The van der Waals surface area contributed by atoms with Crippen molar-refractivity contribution in [1.29, 1.82) is 0 Å². The minimum Gasteiger partial charge on any atom is -0.342 e. The number of nitro groups is 1. The van der Waals surface area contributed by atoms with E-state index in [0.717, 1.165) is 12.7 Å². The second kappa shape index (κ2) is 5.51. The lowest BCUT2D eigenvalue weighted by Gasteiger charge is -2.10. The predicted octanol–water partition coefficient (Wildman–Crippen LogP) is 1.03. The van der Waals surface area contributed by atoms with Crippen LogP contribution in [0.1, 0.15) is 36.1 Å². The molecule has 20 heavy (non-hydrogen) atoms. The number of nitrogens with one attached hydrogen (secondary N) is 2. The Bertz CT molecular complexity index is 632. The van der Waals surface area contributed by atoms with Crippen molar-refractivity contribution in [1.82, 2.24) is 25.3 Å². The summed E-state index contributed by atoms with van der Waals surface area (Å²) in [5, 5.41) is 23.5. The van der Waals surface area contributed by atoms with E-state index in [2.05, 4.69) is 20.6 Å². The SMILES string of the molecule is CCn1ccc(C(C)NC(=O)c2[nH]ncc2[N+](=O)[O-])n1. The maximum Gasteiger partial charge on any atom is 0.319 e. The molecule has 2 heterocycles. The minimum atomic E-state index is -0.658. The molecule has 0 aromatic carbocycles. The monoisotopic (exact) mass is 278 g/mol. The minimum absolute atomic E-state index is 0.170. The van der Waals surface area contributed by atoms with Gasteiger partial charge >= 0.3 is 5.69 Å². The van der Waals surface area contributed by atoms with E-state index in [1.165, 1.54) is 0 Å². The number of aromatic amines is 1. The van der Waals surface area contributed by atoms with Gasteiger partial charge in [0.05, 0.1) is 16.7 Å². The van der Waals surface area contributed by atoms with Gasteiger partial charge in [0, 0.05) is 12.7 Å². The summed E-state index contributed by atoms with van der Waals surface area (Å²) < 4.78 is 1.73. The van der Waals surface area contributed by atoms with Crippen LogP contribution in [0.3, 0.4) is 0 Å². The van der Waals surface area contributed by atoms with E-state index in [9.17, 15) is 14.9 Å². The average molecular weight is 278 g/mol. The van der Waals surface area contributed by atoms with Gasteiger partial charge in [-0.2, -0.15) is 10.2 Å². The van der Waals surface area contributed by atoms with Crippen molar-refractivity contribution in [2.75, 3.05) is 0 Å². The van der Waals surface area contributed by atoms with Gasteiger partial charge in [-0.3, -0.25) is 24.7 Å². The van der Waals surface area contributed by atoms with Crippen molar-refractivity contribution in [2.45, 2.75) is 26.4 Å². The van der Waals surface area contributed by atoms with Crippen LogP contribution < -0.4 is 5.32 Å². The molecule has 2 rings (SSSR count). The van der Waals surface area contributed by atoms with Gasteiger partial charge in [-0.15, -0.1) is 0 Å². The molecule has 9 nitrogen and oxygen atoms in total. The zero-order valence-corrected chi connectivity index (χ0v) is 11.0. The maximum atomic E-state index is 12.0. The predicted molar refractivity (Wildman–Crippen MR) is 69.0 cm³/mol. The third-order valence-corrected chi connectivity index (χ3v) is 2.82. The molecule has 0 radical (unpaired) electrons. The summed E-state index contributed by atoms with van der Waals surface area (Å²) in [6, 6.07) is 1.42. The quantitative estimate of drug-likeness (QED) is 0.625. The van der Waals surface area contributed by atoms with Gasteiger partial charge in [0.15, 0.2) is 0 Å². The van der Waals surface area contributed by atoms with Crippen LogP contribution >= 0.6 is 0 Å². The maximum absolute atomic E-state index is 12.0. The Morgan fingerprint density at radius 2 is 2.40 bits per heavy atom. The first-order valence-corrected chi connectivity index (χ1v) is 6.05. The summed E-state index contributed by atoms with van der Waals surface area (Å²) >= 11 is 0. The lowest BCUT2D eigenvalue weighted by Crippen LogP contribution is -2.28. The molecule has 0 spiro atoms. The van der Waals surface area contributed by atoms with E-state index in [-0.39, 0.29) is 17.4 Å². The number of hydrogen-bond acceptors (Lipinski definition) is 5. The van der Waals surface area contributed by atoms with Crippen molar-refractivity contribution in [3.8, 4) is 0 Å². The summed E-state index contributed by atoms with van der Waals surface area (Å²) in [6.07, 6.45) is 2.81. The molecule has 0 aliphatic carbocycles. The highest BCUT2D eigenvalue weighted by molar-refractivity contribution is 5.96. The standard InChI is InChI=1S/C11H14N6O3/c1-3-16-5-4-8(15-16)7(2)13-11(18)10-9(17(19)20)6-12-14-10/h4-7H,3H2,1-2H3,(H,12,14)(H,13,18). The normalized spacial score (nSPS) is 12.1. The highest BCUT2D eigenvalue weighted by atomic mass is 16.6. The van der Waals surface area contributed by atoms with Crippen LogP contribution in [0.25, 0.3) is 0 Å². The summed E-state index contributed by atoms with van der Waals surface area (Å²) in [6.45, 7) is 4.43. The van der Waals surface area contributed by atoms with Gasteiger partial charge in [0.25, 0.3) is 5.91 Å². The first-order valence-electron chi connectivity index (χ1n) is 6.05. The number of carbonyl (C=O) groups excluding carboxylic acids is 1. The highest BCUT2D eigenvalue weighted by Gasteiger charge is 2.24. The molecule has 0 fully saturated rings. The Morgan fingerprint density at radius 1 is 1.65 bits per heavy atom. The molecule has 1 amide bonds. The zero-order valence-electron chi connectivity index (χ0n) is 11.0. The van der Waals surface area contributed by atoms with Crippen LogP contribution in [0, 0.1) is 10.1 Å². The summed E-state index contributed by atoms with van der Waals surface area (Å²) in [7, 11) is 0. The Hall–Kier alpha value is -2.71. The molecule has 9 heteroatoms. The third kappa shape index (κ3) is 2.66. The molecule has 1 atom stereocenters. The van der Waals surface area contributed by atoms with E-state index < -0.39 is 10.8 Å². The van der Waals surface area contributed by atoms with Crippen LogP contribution in [0.5, 0.6) is 0 Å². The number of nitrogens with zero attached hydrogens (tertiary/aromatic N) is 4. The van der Waals surface area contributed by atoms with Crippen LogP contribution in [-0.2, 0) is 6.54 Å². The van der Waals surface area contributed by atoms with Gasteiger partial charge in [-0.1, -0.05) is 0 Å². The molecule has 0 aliphatic rings. The van der Waals surface area contributed by atoms with Gasteiger partial charge in [0.2, 0.25) is 5.69 Å². The summed E-state index contributed by atoms with van der Waals surface area (Å²) in [4.78, 5) is 22.0. The van der Waals surface area contributed by atoms with Crippen molar-refractivity contribution in [2.24, 2.45) is 0 Å². The fourth-order valence-electron chi connectivity index (χ4n) is 1.71. The van der Waals surface area contributed by atoms with Crippen LogP contribution in [-0.4, -0.2) is 30.8 Å². The number of aromatic nitrogens is 4. The van der Waals surface area contributed by atoms with Gasteiger partial charge < -0.3 is 5.32 Å². The fourth-order valence-corrected chi connectivity index (χ4v) is 1.71. The summed E-state index contributed by atoms with van der Waals surface area (Å²) in [5.74, 6) is -0.590. The number of amides is 1. The number of hydrogen-bond donors (Lipinski definition) is 2. The molecule has 0 saturated heterocycles. The van der Waals surface area contributed by atoms with Crippen molar-refractivity contribution < 1.29 is 9.72 Å². The lowest BCUT2D eigenvalue weighted by molar-refractivity contribution is -0.385. The second-order valence-corrected chi connectivity index (χ2v) is 4.18. The fraction of sp³-hybridized carbons (Fsp3) is 0.364. The Labute approximate surface area is 114 Å². The van der Waals surface area contributed by atoms with Gasteiger partial charge in [0.1, 0.15) is 6.20 Å². The van der Waals surface area contributed by atoms with E-state index in [1.54, 1.807) is 23.9 Å². The molecule has 0 bridgehead atoms. The second-order valence-electron chi connectivity index (χ2n) is 4.18. The molecule has 106 valence electrons. The molecule has 1 unspecified atom stereocenters. The third-order valence-electron chi connectivity index (χ3n) is 2.82. The average Bonchev–Trinajstić information content (AvgIpc) is 3.07. The van der Waals surface area contributed by atoms with E-state index in [4.69, 9.17) is 0 Å². The van der Waals surface area contributed by atoms with Crippen LogP contribution in [0.15, 0.2) is 18.5 Å². The highest BCUT2D eigenvalue weighted by Crippen LogP contribution is 2.16. The number of carbonyl (C=O) groups is 1. The number of aryl methyl sites for hydroxylation is 1. The smallest absolute Gasteiger partial charge is 0.319 e. The van der Waals surface area contributed by atoms with E-state index >= 15 is 0 Å². The van der Waals surface area contributed by atoms with Crippen LogP contribution in [0.2, 0.25) is 0 Å². The summed E-state index contributed by atoms with van der Waals surface area (Å²) in [5.41, 5.74) is 0.160. The number of rotatable bonds is 5. The molecule has 2 aromatic rings. The van der Waals surface area contributed by atoms with Gasteiger partial charge in [-0.05, 0) is 19.9 Å². The Balaban J connectivity index is 2.11. The molecule has 0 aliphatic heterocycles. The largest absolute Gasteiger partial charge is 0.342 e. The Kier molecular flexibility index (Phi) is 3.78. The van der Waals surface area contributed by atoms with Crippen molar-refractivity contribution in [3.63, 3.8) is 0 Å². The molecule has 2 N–H and O–H groups in total. The lowest BCUT2D eigenvalue weighted by atomic mass is 10.2. The van der Waals surface area contributed by atoms with E-state index in [0.29, 0.717) is 5.69 Å². The van der Waals surface area contributed by atoms with Gasteiger partial charge in [-0.25, -0.2) is 0 Å². The topological polar surface area (TPSA) is 119 Å². The first kappa shape index (κ1) is 13.7. The van der Waals surface area contributed by atoms with Crippen molar-refractivity contribution >= 4 is 11.6 Å². The first-order chi connectivity index (χ1) is 9.52. The Morgan fingerprint density at radius 3 is 3.00 bits per heavy atom.